The summed E-state index contributed by atoms with van der Waals surface area (Å²) in [6, 6.07) is 8.33. The van der Waals surface area contributed by atoms with E-state index in [-0.39, 0.29) is 0 Å². The van der Waals surface area contributed by atoms with Gasteiger partial charge in [0.15, 0.2) is 0 Å². The topological polar surface area (TPSA) is 43.0 Å². The zero-order valence-electron chi connectivity index (χ0n) is 12.7. The number of methoxy groups -OCH3 is 1. The fourth-order valence-corrected chi connectivity index (χ4v) is 1.61. The molecule has 0 amide bonds. The molecule has 0 bridgehead atoms. The van der Waals surface area contributed by atoms with E-state index in [2.05, 4.69) is 34.5 Å². The minimum absolute atomic E-state index is 0.612. The molecule has 0 heterocycles. The van der Waals surface area contributed by atoms with Gasteiger partial charge in [-0.1, -0.05) is 0 Å². The van der Waals surface area contributed by atoms with E-state index in [4.69, 9.17) is 14.2 Å². The predicted octanol–water partition coefficient (Wildman–Crippen LogP) is 1.84. The Morgan fingerprint density at radius 1 is 0.900 bits per heavy atom. The number of benzene rings is 1. The van der Waals surface area contributed by atoms with Crippen LogP contribution in [0, 0.1) is 0 Å². The van der Waals surface area contributed by atoms with Gasteiger partial charge in [0, 0.05) is 39.1 Å². The van der Waals surface area contributed by atoms with Gasteiger partial charge >= 0.3 is 0 Å². The largest absolute Gasteiger partial charge is 0.383 e. The molecule has 20 heavy (non-hydrogen) atoms. The predicted molar refractivity (Wildman–Crippen MR) is 82.8 cm³/mol. The molecule has 0 saturated heterocycles. The van der Waals surface area contributed by atoms with Crippen LogP contribution < -0.4 is 10.2 Å². The molecule has 0 fully saturated rings. The molecule has 114 valence electrons. The molecular formula is C15H26N2O3. The van der Waals surface area contributed by atoms with E-state index >= 15 is 0 Å². The van der Waals surface area contributed by atoms with Crippen molar-refractivity contribution in [2.75, 3.05) is 71.0 Å². The van der Waals surface area contributed by atoms with Crippen LogP contribution in [-0.4, -0.2) is 60.8 Å². The van der Waals surface area contributed by atoms with E-state index in [1.165, 1.54) is 5.69 Å². The molecule has 0 aliphatic rings. The lowest BCUT2D eigenvalue weighted by Crippen LogP contribution is -2.13. The van der Waals surface area contributed by atoms with Gasteiger partial charge in [0.05, 0.1) is 33.0 Å². The Kier molecular flexibility index (Phi) is 8.78. The molecule has 5 heteroatoms. The summed E-state index contributed by atoms with van der Waals surface area (Å²) in [5.41, 5.74) is 2.30. The number of ether oxygens (including phenoxy) is 3. The van der Waals surface area contributed by atoms with E-state index in [1.54, 1.807) is 7.11 Å². The van der Waals surface area contributed by atoms with Crippen molar-refractivity contribution in [2.24, 2.45) is 0 Å². The molecule has 1 aromatic carbocycles. The van der Waals surface area contributed by atoms with Gasteiger partial charge in [-0.3, -0.25) is 0 Å². The summed E-state index contributed by atoms with van der Waals surface area (Å²) in [4.78, 5) is 2.08. The molecule has 0 saturated carbocycles. The molecule has 0 spiro atoms. The lowest BCUT2D eigenvalue weighted by Gasteiger charge is -2.13. The fourth-order valence-electron chi connectivity index (χ4n) is 1.61. The number of hydrogen-bond acceptors (Lipinski definition) is 5. The van der Waals surface area contributed by atoms with E-state index in [0.29, 0.717) is 33.0 Å². The van der Waals surface area contributed by atoms with Crippen molar-refractivity contribution in [3.63, 3.8) is 0 Å². The Bertz CT molecular complexity index is 341. The molecule has 0 aromatic heterocycles. The molecule has 0 aliphatic heterocycles. The molecule has 1 rings (SSSR count). The van der Waals surface area contributed by atoms with Gasteiger partial charge in [-0.25, -0.2) is 0 Å². The van der Waals surface area contributed by atoms with Gasteiger partial charge in [0.25, 0.3) is 0 Å². The minimum atomic E-state index is 0.612. The Morgan fingerprint density at radius 2 is 1.50 bits per heavy atom. The number of nitrogens with zero attached hydrogens (tertiary/aromatic N) is 1. The summed E-state index contributed by atoms with van der Waals surface area (Å²) in [7, 11) is 5.73. The molecule has 0 atom stereocenters. The number of rotatable bonds is 11. The van der Waals surface area contributed by atoms with Gasteiger partial charge in [-0.2, -0.15) is 0 Å². The molecule has 1 aromatic rings. The van der Waals surface area contributed by atoms with Crippen molar-refractivity contribution in [3.8, 4) is 0 Å². The van der Waals surface area contributed by atoms with Crippen molar-refractivity contribution >= 4 is 11.4 Å². The maximum atomic E-state index is 5.46. The normalized spacial score (nSPS) is 10.6. The maximum Gasteiger partial charge on any atom is 0.0701 e. The maximum absolute atomic E-state index is 5.46. The van der Waals surface area contributed by atoms with E-state index in [9.17, 15) is 0 Å². The van der Waals surface area contributed by atoms with Crippen LogP contribution in [-0.2, 0) is 14.2 Å². The van der Waals surface area contributed by atoms with Crippen molar-refractivity contribution in [1.82, 2.24) is 0 Å². The number of nitrogens with one attached hydrogen (secondary N) is 1. The van der Waals surface area contributed by atoms with Crippen molar-refractivity contribution in [2.45, 2.75) is 0 Å². The Labute approximate surface area is 121 Å². The Hall–Kier alpha value is -1.30. The number of hydrogen-bond donors (Lipinski definition) is 1. The van der Waals surface area contributed by atoms with Crippen LogP contribution in [0.5, 0.6) is 0 Å². The van der Waals surface area contributed by atoms with Gasteiger partial charge in [0.1, 0.15) is 0 Å². The van der Waals surface area contributed by atoms with Crippen LogP contribution in [0.3, 0.4) is 0 Å². The minimum Gasteiger partial charge on any atom is -0.383 e. The summed E-state index contributed by atoms with van der Waals surface area (Å²) >= 11 is 0. The standard InChI is InChI=1S/C15H26N2O3/c1-17(2)15-6-4-14(5-7-15)16-8-9-19-12-13-20-11-10-18-3/h4-7,16H,8-13H2,1-3H3. The second-order valence-electron chi connectivity index (χ2n) is 4.59. The Morgan fingerprint density at radius 3 is 2.10 bits per heavy atom. The smallest absolute Gasteiger partial charge is 0.0701 e. The van der Waals surface area contributed by atoms with E-state index in [1.807, 2.05) is 14.1 Å². The third-order valence-electron chi connectivity index (χ3n) is 2.76. The zero-order valence-corrected chi connectivity index (χ0v) is 12.7. The van der Waals surface area contributed by atoms with Crippen molar-refractivity contribution in [1.29, 1.82) is 0 Å². The lowest BCUT2D eigenvalue weighted by atomic mass is 10.2. The lowest BCUT2D eigenvalue weighted by molar-refractivity contribution is 0.0272. The first-order chi connectivity index (χ1) is 9.74. The molecule has 5 nitrogen and oxygen atoms in total. The highest BCUT2D eigenvalue weighted by atomic mass is 16.5. The summed E-state index contributed by atoms with van der Waals surface area (Å²) in [5, 5.41) is 3.32. The van der Waals surface area contributed by atoms with Crippen LogP contribution in [0.2, 0.25) is 0 Å². The number of anilines is 2. The average Bonchev–Trinajstić information content (AvgIpc) is 2.46. The van der Waals surface area contributed by atoms with E-state index < -0.39 is 0 Å². The van der Waals surface area contributed by atoms with Gasteiger partial charge < -0.3 is 24.4 Å². The highest BCUT2D eigenvalue weighted by Crippen LogP contribution is 2.15. The Balaban J connectivity index is 2.01. The van der Waals surface area contributed by atoms with Gasteiger partial charge in [0.2, 0.25) is 0 Å². The second kappa shape index (κ2) is 10.5. The second-order valence-corrected chi connectivity index (χ2v) is 4.59. The monoisotopic (exact) mass is 282 g/mol. The highest BCUT2D eigenvalue weighted by molar-refractivity contribution is 5.54. The van der Waals surface area contributed by atoms with Gasteiger partial charge in [-0.15, -0.1) is 0 Å². The summed E-state index contributed by atoms with van der Waals surface area (Å²) in [6.45, 7) is 3.94. The van der Waals surface area contributed by atoms with Crippen molar-refractivity contribution < 1.29 is 14.2 Å². The molecular weight excluding hydrogens is 256 g/mol. The van der Waals surface area contributed by atoms with Crippen molar-refractivity contribution in [3.05, 3.63) is 24.3 Å². The zero-order chi connectivity index (χ0) is 14.6. The van der Waals surface area contributed by atoms with Crippen LogP contribution in [0.4, 0.5) is 11.4 Å². The van der Waals surface area contributed by atoms with Crippen LogP contribution in [0.25, 0.3) is 0 Å². The summed E-state index contributed by atoms with van der Waals surface area (Å²) in [5.74, 6) is 0. The SMILES string of the molecule is COCCOCCOCCNc1ccc(N(C)C)cc1. The quantitative estimate of drug-likeness (QED) is 0.627. The molecule has 0 radical (unpaired) electrons. The average molecular weight is 282 g/mol. The molecule has 0 unspecified atom stereocenters. The highest BCUT2D eigenvalue weighted by Gasteiger charge is 1.96. The fraction of sp³-hybridized carbons (Fsp3) is 0.600. The van der Waals surface area contributed by atoms with E-state index in [0.717, 1.165) is 12.2 Å². The van der Waals surface area contributed by atoms with Crippen LogP contribution >= 0.6 is 0 Å². The molecule has 1 N–H and O–H groups in total. The van der Waals surface area contributed by atoms with Crippen LogP contribution in [0.1, 0.15) is 0 Å². The first-order valence-electron chi connectivity index (χ1n) is 6.89. The third kappa shape index (κ3) is 7.33. The first kappa shape index (κ1) is 16.8. The molecule has 0 aliphatic carbocycles. The third-order valence-corrected chi connectivity index (χ3v) is 2.76. The summed E-state index contributed by atoms with van der Waals surface area (Å²) < 4.78 is 15.6. The van der Waals surface area contributed by atoms with Gasteiger partial charge in [-0.05, 0) is 24.3 Å². The first-order valence-corrected chi connectivity index (χ1v) is 6.89. The van der Waals surface area contributed by atoms with Crippen LogP contribution in [0.15, 0.2) is 24.3 Å². The summed E-state index contributed by atoms with van der Waals surface area (Å²) in [6.07, 6.45) is 0.